The van der Waals surface area contributed by atoms with Crippen LogP contribution in [0.15, 0.2) is 30.3 Å². The van der Waals surface area contributed by atoms with Crippen molar-refractivity contribution in [1.29, 1.82) is 0 Å². The second-order valence-electron chi connectivity index (χ2n) is 10.6. The lowest BCUT2D eigenvalue weighted by Gasteiger charge is -2.34. The number of hydrogen-bond donors (Lipinski definition) is 3. The van der Waals surface area contributed by atoms with Crippen LogP contribution < -0.4 is 10.6 Å². The van der Waals surface area contributed by atoms with E-state index >= 15 is 0 Å². The maximum Gasteiger partial charge on any atom is 0.245 e. The van der Waals surface area contributed by atoms with E-state index in [2.05, 4.69) is 31.5 Å². The number of alkyl halides is 1. The van der Waals surface area contributed by atoms with Gasteiger partial charge < -0.3 is 30.1 Å². The molecule has 3 unspecified atom stereocenters. The minimum atomic E-state index is -1.06. The first-order valence-electron chi connectivity index (χ1n) is 13.6. The van der Waals surface area contributed by atoms with E-state index in [0.717, 1.165) is 19.5 Å². The Kier molecular flexibility index (Phi) is 8.69. The van der Waals surface area contributed by atoms with Gasteiger partial charge in [-0.25, -0.2) is 0 Å². The molecular weight excluding hydrogens is 556 g/mol. The molecule has 4 heterocycles. The zero-order valence-electron chi connectivity index (χ0n) is 21.5. The summed E-state index contributed by atoms with van der Waals surface area (Å²) in [5, 5.41) is 15.2. The van der Waals surface area contributed by atoms with Crippen molar-refractivity contribution in [3.05, 3.63) is 30.3 Å². The highest BCUT2D eigenvalue weighted by Crippen LogP contribution is 2.60. The molecule has 4 saturated heterocycles. The number of hydrogen-bond acceptors (Lipinski definition) is 7. The summed E-state index contributed by atoms with van der Waals surface area (Å²) in [5.74, 6) is -2.12. The molecule has 2 bridgehead atoms. The summed E-state index contributed by atoms with van der Waals surface area (Å²) in [4.78, 5) is 45.0. The van der Waals surface area contributed by atoms with E-state index < -0.39 is 29.6 Å². The molecule has 10 nitrogen and oxygen atoms in total. The smallest absolute Gasteiger partial charge is 0.245 e. The predicted molar refractivity (Wildman–Crippen MR) is 144 cm³/mol. The van der Waals surface area contributed by atoms with Gasteiger partial charge in [-0.2, -0.15) is 0 Å². The van der Waals surface area contributed by atoms with Crippen LogP contribution >= 0.6 is 15.9 Å². The summed E-state index contributed by atoms with van der Waals surface area (Å²) >= 11 is 3.70. The zero-order valence-corrected chi connectivity index (χ0v) is 23.1. The molecule has 3 N–H and O–H groups in total. The fraction of sp³-hybridized carbons (Fsp3) is 0.667. The molecule has 1 spiro atoms. The van der Waals surface area contributed by atoms with Gasteiger partial charge in [-0.1, -0.05) is 34.1 Å². The SMILES string of the molecule is O=C(NCCN1CCOCC1)C1N(CCCCCO)C(=O)[C@@H]2[C@H](C(=O)Nc3ccccc3)[C@H]3OC12CC3Br. The number of nitrogens with one attached hydrogen (secondary N) is 2. The number of aliphatic hydroxyl groups is 1. The average Bonchev–Trinajstić information content (AvgIpc) is 3.51. The Morgan fingerprint density at radius 3 is 2.58 bits per heavy atom. The van der Waals surface area contributed by atoms with Gasteiger partial charge in [0.15, 0.2) is 0 Å². The molecule has 4 aliphatic heterocycles. The molecule has 1 aromatic carbocycles. The van der Waals surface area contributed by atoms with Crippen LogP contribution in [0.4, 0.5) is 5.69 Å². The number of anilines is 1. The molecule has 208 valence electrons. The third-order valence-electron chi connectivity index (χ3n) is 8.27. The summed E-state index contributed by atoms with van der Waals surface area (Å²) in [7, 11) is 0. The summed E-state index contributed by atoms with van der Waals surface area (Å²) in [6.45, 7) is 4.66. The average molecular weight is 594 g/mol. The maximum absolute atomic E-state index is 13.9. The van der Waals surface area contributed by atoms with Gasteiger partial charge in [0, 0.05) is 49.8 Å². The quantitative estimate of drug-likeness (QED) is 0.259. The lowest BCUT2D eigenvalue weighted by atomic mass is 9.70. The molecule has 4 fully saturated rings. The van der Waals surface area contributed by atoms with Crippen molar-refractivity contribution in [2.24, 2.45) is 11.8 Å². The van der Waals surface area contributed by atoms with Crippen LogP contribution in [0.25, 0.3) is 0 Å². The lowest BCUT2D eigenvalue weighted by molar-refractivity contribution is -0.141. The number of carbonyl (C=O) groups excluding carboxylic acids is 3. The van der Waals surface area contributed by atoms with Gasteiger partial charge >= 0.3 is 0 Å². The Balaban J connectivity index is 1.36. The Hall–Kier alpha value is -2.05. The summed E-state index contributed by atoms with van der Waals surface area (Å²) in [6, 6.07) is 8.36. The number of nitrogens with zero attached hydrogens (tertiary/aromatic N) is 2. The largest absolute Gasteiger partial charge is 0.396 e. The number of amides is 3. The minimum absolute atomic E-state index is 0.0871. The summed E-state index contributed by atoms with van der Waals surface area (Å²) in [5.41, 5.74) is -0.404. The summed E-state index contributed by atoms with van der Waals surface area (Å²) in [6.07, 6.45) is 2.03. The predicted octanol–water partition coefficient (Wildman–Crippen LogP) is 0.984. The summed E-state index contributed by atoms with van der Waals surface area (Å²) < 4.78 is 11.9. The third-order valence-corrected chi connectivity index (χ3v) is 9.11. The van der Waals surface area contributed by atoms with Crippen molar-refractivity contribution in [3.63, 3.8) is 0 Å². The van der Waals surface area contributed by atoms with Crippen molar-refractivity contribution in [3.8, 4) is 0 Å². The fourth-order valence-corrected chi connectivity index (χ4v) is 7.49. The first-order valence-corrected chi connectivity index (χ1v) is 14.5. The van der Waals surface area contributed by atoms with Crippen molar-refractivity contribution >= 4 is 39.3 Å². The number of unbranched alkanes of at least 4 members (excludes halogenated alkanes) is 2. The minimum Gasteiger partial charge on any atom is -0.396 e. The van der Waals surface area contributed by atoms with E-state index in [-0.39, 0.29) is 29.2 Å². The highest BCUT2D eigenvalue weighted by atomic mass is 79.9. The maximum atomic E-state index is 13.9. The molecular formula is C27H37BrN4O6. The Morgan fingerprint density at radius 2 is 1.84 bits per heavy atom. The highest BCUT2D eigenvalue weighted by Gasteiger charge is 2.76. The van der Waals surface area contributed by atoms with Crippen molar-refractivity contribution < 1.29 is 29.0 Å². The van der Waals surface area contributed by atoms with Crippen molar-refractivity contribution in [2.75, 3.05) is 57.9 Å². The first-order chi connectivity index (χ1) is 18.5. The van der Waals surface area contributed by atoms with Crippen LogP contribution in [0, 0.1) is 11.8 Å². The van der Waals surface area contributed by atoms with Gasteiger partial charge in [0.1, 0.15) is 11.6 Å². The van der Waals surface area contributed by atoms with E-state index in [1.807, 2.05) is 30.3 Å². The number of ether oxygens (including phenoxy) is 2. The number of morpholine rings is 1. The molecule has 6 atom stereocenters. The monoisotopic (exact) mass is 592 g/mol. The van der Waals surface area contributed by atoms with E-state index in [1.54, 1.807) is 4.90 Å². The van der Waals surface area contributed by atoms with Crippen LogP contribution in [-0.4, -0.2) is 108 Å². The highest BCUT2D eigenvalue weighted by molar-refractivity contribution is 9.09. The normalized spacial score (nSPS) is 32.4. The van der Waals surface area contributed by atoms with Crippen LogP contribution in [0.3, 0.4) is 0 Å². The number of rotatable bonds is 11. The van der Waals surface area contributed by atoms with E-state index in [9.17, 15) is 19.5 Å². The molecule has 38 heavy (non-hydrogen) atoms. The van der Waals surface area contributed by atoms with E-state index in [4.69, 9.17) is 9.47 Å². The molecule has 3 amide bonds. The number of carbonyl (C=O) groups is 3. The Bertz CT molecular complexity index is 1010. The van der Waals surface area contributed by atoms with Gasteiger partial charge in [0.2, 0.25) is 17.7 Å². The van der Waals surface area contributed by atoms with Crippen molar-refractivity contribution in [2.45, 2.75) is 48.3 Å². The van der Waals surface area contributed by atoms with Crippen molar-refractivity contribution in [1.82, 2.24) is 15.1 Å². The number of likely N-dealkylation sites (tertiary alicyclic amines) is 1. The molecule has 4 aliphatic rings. The Morgan fingerprint density at radius 1 is 1.08 bits per heavy atom. The second kappa shape index (κ2) is 12.0. The second-order valence-corrected chi connectivity index (χ2v) is 11.8. The Labute approximate surface area is 231 Å². The fourth-order valence-electron chi connectivity index (χ4n) is 6.55. The van der Waals surface area contributed by atoms with E-state index in [1.165, 1.54) is 0 Å². The van der Waals surface area contributed by atoms with Gasteiger partial charge in [-0.3, -0.25) is 19.3 Å². The van der Waals surface area contributed by atoms with Gasteiger partial charge in [0.05, 0.1) is 31.2 Å². The standard InChI is InChI=1S/C27H37BrN4O6/c28-19-17-27-21(20(22(19)38-27)24(34)30-18-7-3-1-4-8-18)26(36)32(10-5-2-6-14-33)23(27)25(35)29-9-11-31-12-15-37-16-13-31/h1,3-4,7-8,19-23,33H,2,5-6,9-17H2,(H,29,35)(H,30,34)/t19?,20-,21-,22-,23?,27?/m0/s1. The first kappa shape index (κ1) is 27.5. The third kappa shape index (κ3) is 5.23. The molecule has 0 radical (unpaired) electrons. The number of para-hydroxylation sites is 1. The lowest BCUT2D eigenvalue weighted by Crippen LogP contribution is -2.56. The molecule has 5 rings (SSSR count). The molecule has 0 aliphatic carbocycles. The molecule has 1 aromatic rings. The number of fused-ring (bicyclic) bond motifs is 1. The topological polar surface area (TPSA) is 120 Å². The number of benzene rings is 1. The molecule has 0 saturated carbocycles. The van der Waals surface area contributed by atoms with Gasteiger partial charge in [0.25, 0.3) is 0 Å². The van der Waals surface area contributed by atoms with Crippen LogP contribution in [0.5, 0.6) is 0 Å². The van der Waals surface area contributed by atoms with Crippen LogP contribution in [0.2, 0.25) is 0 Å². The van der Waals surface area contributed by atoms with Gasteiger partial charge in [-0.15, -0.1) is 0 Å². The molecule has 0 aromatic heterocycles. The van der Waals surface area contributed by atoms with E-state index in [0.29, 0.717) is 57.8 Å². The number of halogens is 1. The zero-order chi connectivity index (χ0) is 26.7. The molecule has 11 heteroatoms. The number of aliphatic hydroxyl groups excluding tert-OH is 1. The van der Waals surface area contributed by atoms with Gasteiger partial charge in [-0.05, 0) is 37.8 Å². The van der Waals surface area contributed by atoms with Crippen LogP contribution in [-0.2, 0) is 23.9 Å². The van der Waals surface area contributed by atoms with Crippen LogP contribution in [0.1, 0.15) is 25.7 Å².